The van der Waals surface area contributed by atoms with Crippen molar-refractivity contribution in [1.29, 1.82) is 0 Å². The maximum Gasteiger partial charge on any atom is 0.416 e. The lowest BCUT2D eigenvalue weighted by Crippen LogP contribution is -2.16. The third kappa shape index (κ3) is 5.09. The molecule has 0 aliphatic carbocycles. The van der Waals surface area contributed by atoms with Gasteiger partial charge in [0.2, 0.25) is 0 Å². The number of nitrogens with zero attached hydrogens (tertiary/aromatic N) is 6. The molecule has 184 valence electrons. The van der Waals surface area contributed by atoms with Crippen LogP contribution in [0.2, 0.25) is 5.02 Å². The van der Waals surface area contributed by atoms with E-state index >= 15 is 0 Å². The van der Waals surface area contributed by atoms with E-state index in [0.717, 1.165) is 17.8 Å². The van der Waals surface area contributed by atoms with Crippen molar-refractivity contribution in [3.63, 3.8) is 0 Å². The molecule has 0 spiro atoms. The van der Waals surface area contributed by atoms with Crippen LogP contribution in [0.25, 0.3) is 0 Å². The van der Waals surface area contributed by atoms with Crippen molar-refractivity contribution in [3.05, 3.63) is 81.1 Å². The molecule has 4 rings (SSSR count). The molecule has 3 heterocycles. The molecule has 0 bridgehead atoms. The number of alkyl halides is 3. The Morgan fingerprint density at radius 1 is 1.00 bits per heavy atom. The molecular weight excluding hydrogens is 483 g/mol. The molecule has 0 radical (unpaired) electrons. The highest BCUT2D eigenvalue weighted by molar-refractivity contribution is 6.31. The number of halogens is 4. The molecule has 3 aromatic heterocycles. The topological polar surface area (TPSA) is 82.6 Å². The number of carbonyl (C=O) groups excluding carboxylic acids is 1. The van der Waals surface area contributed by atoms with Crippen molar-refractivity contribution >= 4 is 23.2 Å². The smallest absolute Gasteiger partial charge is 0.317 e. The van der Waals surface area contributed by atoms with Crippen LogP contribution >= 0.6 is 11.6 Å². The third-order valence-corrected chi connectivity index (χ3v) is 6.20. The van der Waals surface area contributed by atoms with Crippen LogP contribution in [0.1, 0.15) is 44.4 Å². The Morgan fingerprint density at radius 2 is 1.71 bits per heavy atom. The zero-order valence-corrected chi connectivity index (χ0v) is 20.2. The fourth-order valence-electron chi connectivity index (χ4n) is 3.74. The number of amides is 1. The number of aromatic nitrogens is 6. The number of anilines is 1. The molecule has 0 aliphatic rings. The van der Waals surface area contributed by atoms with Crippen molar-refractivity contribution in [2.75, 3.05) is 5.32 Å². The monoisotopic (exact) mass is 505 g/mol. The van der Waals surface area contributed by atoms with Gasteiger partial charge in [-0.25, -0.2) is 4.68 Å². The number of nitrogens with one attached hydrogen (secondary N) is 1. The summed E-state index contributed by atoms with van der Waals surface area (Å²) < 4.78 is 43.9. The Bertz CT molecular complexity index is 1400. The maximum atomic E-state index is 13.0. The van der Waals surface area contributed by atoms with Gasteiger partial charge in [0.15, 0.2) is 5.69 Å². The molecule has 0 unspecified atom stereocenters. The quantitative estimate of drug-likeness (QED) is 0.400. The molecule has 1 N–H and O–H groups in total. The van der Waals surface area contributed by atoms with Crippen molar-refractivity contribution < 1.29 is 18.0 Å². The van der Waals surface area contributed by atoms with E-state index in [0.29, 0.717) is 40.0 Å². The van der Waals surface area contributed by atoms with Gasteiger partial charge in [0.25, 0.3) is 5.91 Å². The minimum Gasteiger partial charge on any atom is -0.317 e. The van der Waals surface area contributed by atoms with Crippen LogP contribution in [0.5, 0.6) is 0 Å². The minimum absolute atomic E-state index is 0.131. The number of hydrogen-bond donors (Lipinski definition) is 1. The number of aryl methyl sites for hydroxylation is 2. The second kappa shape index (κ2) is 9.21. The van der Waals surface area contributed by atoms with Crippen molar-refractivity contribution in [3.8, 4) is 0 Å². The molecule has 0 fully saturated rings. The van der Waals surface area contributed by atoms with Gasteiger partial charge in [0.1, 0.15) is 6.67 Å². The summed E-state index contributed by atoms with van der Waals surface area (Å²) in [5.74, 6) is -0.431. The summed E-state index contributed by atoms with van der Waals surface area (Å²) in [6.45, 7) is 7.55. The first-order chi connectivity index (χ1) is 16.4. The van der Waals surface area contributed by atoms with Gasteiger partial charge in [-0.15, -0.1) is 0 Å². The van der Waals surface area contributed by atoms with Crippen LogP contribution in [0.15, 0.2) is 36.5 Å². The van der Waals surface area contributed by atoms with Gasteiger partial charge in [-0.05, 0) is 51.5 Å². The standard InChI is InChI=1S/C23H23ClF3N7O/c1-13-20(24)15(3)34(29-13)12-32-9-8-19(31-32)22(35)28-21-14(2)30-33(16(21)4)11-17-6-5-7-18(10-17)23(25,26)27/h5-10H,11-12H2,1-4H3,(H,28,35). The van der Waals surface area contributed by atoms with Crippen molar-refractivity contribution in [1.82, 2.24) is 29.3 Å². The van der Waals surface area contributed by atoms with Gasteiger partial charge in [0, 0.05) is 6.20 Å². The highest BCUT2D eigenvalue weighted by Crippen LogP contribution is 2.30. The van der Waals surface area contributed by atoms with Crippen molar-refractivity contribution in [2.24, 2.45) is 0 Å². The number of hydrogen-bond acceptors (Lipinski definition) is 4. The summed E-state index contributed by atoms with van der Waals surface area (Å²) in [7, 11) is 0. The van der Waals surface area contributed by atoms with Gasteiger partial charge in [-0.1, -0.05) is 23.7 Å². The molecule has 12 heteroatoms. The summed E-state index contributed by atoms with van der Waals surface area (Å²) in [4.78, 5) is 12.8. The first kappa shape index (κ1) is 24.5. The number of benzene rings is 1. The highest BCUT2D eigenvalue weighted by atomic mass is 35.5. The van der Waals surface area contributed by atoms with Crippen LogP contribution in [-0.4, -0.2) is 35.2 Å². The van der Waals surface area contributed by atoms with Gasteiger partial charge in [0.05, 0.1) is 45.6 Å². The van der Waals surface area contributed by atoms with E-state index in [-0.39, 0.29) is 12.2 Å². The molecule has 8 nitrogen and oxygen atoms in total. The summed E-state index contributed by atoms with van der Waals surface area (Å²) >= 11 is 6.19. The zero-order valence-electron chi connectivity index (χ0n) is 19.5. The Morgan fingerprint density at radius 3 is 2.37 bits per heavy atom. The summed E-state index contributed by atoms with van der Waals surface area (Å²) in [6, 6.07) is 6.67. The van der Waals surface area contributed by atoms with Gasteiger partial charge < -0.3 is 5.32 Å². The van der Waals surface area contributed by atoms with Gasteiger partial charge in [-0.3, -0.25) is 14.2 Å². The summed E-state index contributed by atoms with van der Waals surface area (Å²) in [6.07, 6.45) is -2.76. The van der Waals surface area contributed by atoms with E-state index < -0.39 is 17.6 Å². The predicted molar refractivity (Wildman–Crippen MR) is 125 cm³/mol. The lowest BCUT2D eigenvalue weighted by atomic mass is 10.1. The van der Waals surface area contributed by atoms with Crippen LogP contribution in [0, 0.1) is 27.7 Å². The van der Waals surface area contributed by atoms with Crippen LogP contribution < -0.4 is 5.32 Å². The first-order valence-electron chi connectivity index (χ1n) is 10.7. The van der Waals surface area contributed by atoms with E-state index in [1.165, 1.54) is 6.07 Å². The highest BCUT2D eigenvalue weighted by Gasteiger charge is 2.30. The number of carbonyl (C=O) groups is 1. The summed E-state index contributed by atoms with van der Waals surface area (Å²) in [5, 5.41) is 16.5. The lowest BCUT2D eigenvalue weighted by Gasteiger charge is -2.10. The molecule has 0 saturated carbocycles. The second-order valence-electron chi connectivity index (χ2n) is 8.22. The average molecular weight is 506 g/mol. The third-order valence-electron chi connectivity index (χ3n) is 5.65. The van der Waals surface area contributed by atoms with E-state index in [1.807, 2.05) is 13.8 Å². The molecule has 4 aromatic rings. The average Bonchev–Trinajstić information content (AvgIpc) is 3.44. The Balaban J connectivity index is 1.48. The lowest BCUT2D eigenvalue weighted by molar-refractivity contribution is -0.137. The molecule has 0 saturated heterocycles. The molecule has 1 aromatic carbocycles. The Hall–Kier alpha value is -3.60. The van der Waals surface area contributed by atoms with Gasteiger partial charge >= 0.3 is 6.18 Å². The van der Waals surface area contributed by atoms with E-state index in [1.54, 1.807) is 46.2 Å². The maximum absolute atomic E-state index is 13.0. The van der Waals surface area contributed by atoms with E-state index in [2.05, 4.69) is 20.6 Å². The summed E-state index contributed by atoms with van der Waals surface area (Å²) in [5.41, 5.74) is 3.08. The van der Waals surface area contributed by atoms with Crippen LogP contribution in [-0.2, 0) is 19.4 Å². The predicted octanol–water partition coefficient (Wildman–Crippen LogP) is 4.99. The largest absolute Gasteiger partial charge is 0.416 e. The minimum atomic E-state index is -4.42. The second-order valence-corrected chi connectivity index (χ2v) is 8.60. The van der Waals surface area contributed by atoms with Crippen LogP contribution in [0.4, 0.5) is 18.9 Å². The van der Waals surface area contributed by atoms with Crippen molar-refractivity contribution in [2.45, 2.75) is 47.1 Å². The van der Waals surface area contributed by atoms with E-state index in [4.69, 9.17) is 11.6 Å². The fourth-order valence-corrected chi connectivity index (χ4v) is 3.88. The Labute approximate surface area is 204 Å². The zero-order chi connectivity index (χ0) is 25.5. The molecule has 0 atom stereocenters. The van der Waals surface area contributed by atoms with Crippen LogP contribution in [0.3, 0.4) is 0 Å². The molecule has 35 heavy (non-hydrogen) atoms. The molecule has 1 amide bonds. The fraction of sp³-hybridized carbons (Fsp3) is 0.304. The van der Waals surface area contributed by atoms with Gasteiger partial charge in [-0.2, -0.15) is 28.5 Å². The first-order valence-corrected chi connectivity index (χ1v) is 11.1. The molecular formula is C23H23ClF3N7O. The Kier molecular flexibility index (Phi) is 6.46. The van der Waals surface area contributed by atoms with E-state index in [9.17, 15) is 18.0 Å². The number of rotatable bonds is 6. The SMILES string of the molecule is Cc1nn(Cn2ccc(C(=O)Nc3c(C)nn(Cc4cccc(C(F)(F)F)c4)c3C)n2)c(C)c1Cl. The molecule has 0 aliphatic heterocycles. The normalized spacial score (nSPS) is 11.8.